The molecule has 1 unspecified atom stereocenters. The van der Waals surface area contributed by atoms with Crippen LogP contribution in [0.2, 0.25) is 0 Å². The maximum Gasteiger partial charge on any atom is 0.253 e. The van der Waals surface area contributed by atoms with E-state index in [-0.39, 0.29) is 17.4 Å². The van der Waals surface area contributed by atoms with Crippen LogP contribution in [0, 0.1) is 0 Å². The van der Waals surface area contributed by atoms with Crippen LogP contribution in [0.5, 0.6) is 0 Å². The lowest BCUT2D eigenvalue weighted by atomic mass is 9.91. The molecular formula is C23H34N4O2. The van der Waals surface area contributed by atoms with Gasteiger partial charge in [-0.2, -0.15) is 0 Å². The van der Waals surface area contributed by atoms with Gasteiger partial charge < -0.3 is 9.80 Å². The Morgan fingerprint density at radius 3 is 2.24 bits per heavy atom. The van der Waals surface area contributed by atoms with Gasteiger partial charge in [-0.05, 0) is 38.8 Å². The lowest BCUT2D eigenvalue weighted by molar-refractivity contribution is -0.130. The lowest BCUT2D eigenvalue weighted by Gasteiger charge is -2.56. The van der Waals surface area contributed by atoms with Gasteiger partial charge in [0, 0.05) is 75.9 Å². The summed E-state index contributed by atoms with van der Waals surface area (Å²) < 4.78 is 0. The molecule has 3 fully saturated rings. The first-order chi connectivity index (χ1) is 13.8. The Labute approximate surface area is 174 Å². The molecule has 29 heavy (non-hydrogen) atoms. The summed E-state index contributed by atoms with van der Waals surface area (Å²) >= 11 is 0. The maximum atomic E-state index is 13.1. The molecule has 4 rings (SSSR count). The molecule has 3 aliphatic heterocycles. The highest BCUT2D eigenvalue weighted by molar-refractivity contribution is 5.94. The number of amides is 2. The van der Waals surface area contributed by atoms with Gasteiger partial charge >= 0.3 is 0 Å². The van der Waals surface area contributed by atoms with Crippen LogP contribution >= 0.6 is 0 Å². The number of piperidine rings is 1. The smallest absolute Gasteiger partial charge is 0.253 e. The number of carbonyl (C=O) groups excluding carboxylic acids is 2. The standard InChI is InChI=1S/C23H34N4O2/c1-18(28)24-11-9-20(10-12-24)25-13-14-27-21(15-25)16-26(17-23(27,2)3)22(29)19-7-5-4-6-8-19/h4-8,20-21H,9-17H2,1-3H3. The Hall–Kier alpha value is -1.92. The van der Waals surface area contributed by atoms with Crippen molar-refractivity contribution in [2.24, 2.45) is 0 Å². The van der Waals surface area contributed by atoms with Crippen LogP contribution in [0.4, 0.5) is 0 Å². The van der Waals surface area contributed by atoms with Gasteiger partial charge in [0.05, 0.1) is 0 Å². The Balaban J connectivity index is 1.43. The molecule has 0 bridgehead atoms. The molecule has 0 aliphatic carbocycles. The Bertz CT molecular complexity index is 743. The van der Waals surface area contributed by atoms with E-state index < -0.39 is 0 Å². The van der Waals surface area contributed by atoms with Gasteiger partial charge in [0.25, 0.3) is 5.91 Å². The maximum absolute atomic E-state index is 13.1. The first kappa shape index (κ1) is 20.4. The van der Waals surface area contributed by atoms with E-state index in [0.717, 1.165) is 64.2 Å². The van der Waals surface area contributed by atoms with Gasteiger partial charge in [0.2, 0.25) is 5.91 Å². The molecule has 1 atom stereocenters. The fraction of sp³-hybridized carbons (Fsp3) is 0.652. The van der Waals surface area contributed by atoms with Crippen molar-refractivity contribution >= 4 is 11.8 Å². The number of hydrogen-bond donors (Lipinski definition) is 0. The zero-order chi connectivity index (χ0) is 20.6. The molecule has 0 spiro atoms. The molecular weight excluding hydrogens is 364 g/mol. The third kappa shape index (κ3) is 4.19. The molecule has 6 nitrogen and oxygen atoms in total. The fourth-order valence-electron chi connectivity index (χ4n) is 5.50. The Morgan fingerprint density at radius 2 is 1.59 bits per heavy atom. The van der Waals surface area contributed by atoms with Gasteiger partial charge in [-0.3, -0.25) is 19.4 Å². The van der Waals surface area contributed by atoms with Crippen molar-refractivity contribution in [3.05, 3.63) is 35.9 Å². The number of piperazine rings is 2. The molecule has 2 amide bonds. The molecule has 0 radical (unpaired) electrons. The normalized spacial score (nSPS) is 26.2. The molecule has 3 saturated heterocycles. The van der Waals surface area contributed by atoms with E-state index in [1.54, 1.807) is 6.92 Å². The SMILES string of the molecule is CC(=O)N1CCC(N2CCN3C(CN(C(=O)c4ccccc4)CC3(C)C)C2)CC1. The highest BCUT2D eigenvalue weighted by Gasteiger charge is 2.45. The minimum atomic E-state index is -0.0164. The minimum absolute atomic E-state index is 0.0164. The zero-order valence-corrected chi connectivity index (χ0v) is 18.0. The van der Waals surface area contributed by atoms with Gasteiger partial charge in [-0.25, -0.2) is 0 Å². The van der Waals surface area contributed by atoms with Crippen LogP contribution in [0.3, 0.4) is 0 Å². The van der Waals surface area contributed by atoms with E-state index in [1.807, 2.05) is 35.2 Å². The average Bonchev–Trinajstić information content (AvgIpc) is 2.73. The molecule has 3 heterocycles. The monoisotopic (exact) mass is 398 g/mol. The second-order valence-corrected chi connectivity index (χ2v) is 9.44. The van der Waals surface area contributed by atoms with Gasteiger partial charge in [0.1, 0.15) is 0 Å². The largest absolute Gasteiger partial charge is 0.343 e. The quantitative estimate of drug-likeness (QED) is 0.764. The van der Waals surface area contributed by atoms with Crippen LogP contribution < -0.4 is 0 Å². The number of likely N-dealkylation sites (tertiary alicyclic amines) is 1. The van der Waals surface area contributed by atoms with E-state index in [0.29, 0.717) is 12.1 Å². The van der Waals surface area contributed by atoms with E-state index in [2.05, 4.69) is 28.5 Å². The van der Waals surface area contributed by atoms with Crippen LogP contribution in [-0.2, 0) is 4.79 Å². The number of rotatable bonds is 2. The predicted molar refractivity (Wildman–Crippen MR) is 114 cm³/mol. The summed E-state index contributed by atoms with van der Waals surface area (Å²) in [4.78, 5) is 34.0. The van der Waals surface area contributed by atoms with Crippen LogP contribution in [-0.4, -0.2) is 94.8 Å². The first-order valence-corrected chi connectivity index (χ1v) is 11.0. The van der Waals surface area contributed by atoms with Crippen LogP contribution in [0.15, 0.2) is 30.3 Å². The fourth-order valence-corrected chi connectivity index (χ4v) is 5.50. The van der Waals surface area contributed by atoms with E-state index in [4.69, 9.17) is 0 Å². The summed E-state index contributed by atoms with van der Waals surface area (Å²) in [5.74, 6) is 0.336. The highest BCUT2D eigenvalue weighted by atomic mass is 16.2. The molecule has 6 heteroatoms. The first-order valence-electron chi connectivity index (χ1n) is 11.0. The molecule has 1 aromatic carbocycles. The number of nitrogens with zero attached hydrogens (tertiary/aromatic N) is 4. The van der Waals surface area contributed by atoms with Gasteiger partial charge in [0.15, 0.2) is 0 Å². The van der Waals surface area contributed by atoms with Crippen LogP contribution in [0.25, 0.3) is 0 Å². The summed E-state index contributed by atoms with van der Waals surface area (Å²) in [5.41, 5.74) is 0.762. The topological polar surface area (TPSA) is 47.1 Å². The number of fused-ring (bicyclic) bond motifs is 1. The number of hydrogen-bond acceptors (Lipinski definition) is 4. The van der Waals surface area contributed by atoms with Crippen molar-refractivity contribution in [2.75, 3.05) is 45.8 Å². The third-order valence-corrected chi connectivity index (χ3v) is 7.03. The van der Waals surface area contributed by atoms with E-state index >= 15 is 0 Å². The van der Waals surface area contributed by atoms with Crippen molar-refractivity contribution in [1.82, 2.24) is 19.6 Å². The molecule has 1 aromatic rings. The summed E-state index contributed by atoms with van der Waals surface area (Å²) in [7, 11) is 0. The van der Waals surface area contributed by atoms with E-state index in [9.17, 15) is 9.59 Å². The Morgan fingerprint density at radius 1 is 0.897 bits per heavy atom. The summed E-state index contributed by atoms with van der Waals surface area (Å²) in [6.07, 6.45) is 2.12. The third-order valence-electron chi connectivity index (χ3n) is 7.03. The van der Waals surface area contributed by atoms with Gasteiger partial charge in [-0.1, -0.05) is 18.2 Å². The summed E-state index contributed by atoms with van der Waals surface area (Å²) in [5, 5.41) is 0. The molecule has 0 aromatic heterocycles. The molecule has 158 valence electrons. The minimum Gasteiger partial charge on any atom is -0.343 e. The van der Waals surface area contributed by atoms with Crippen molar-refractivity contribution in [3.8, 4) is 0 Å². The second-order valence-electron chi connectivity index (χ2n) is 9.44. The second kappa shape index (κ2) is 8.07. The average molecular weight is 399 g/mol. The highest BCUT2D eigenvalue weighted by Crippen LogP contribution is 2.30. The van der Waals surface area contributed by atoms with Crippen molar-refractivity contribution in [2.45, 2.75) is 51.2 Å². The van der Waals surface area contributed by atoms with Gasteiger partial charge in [-0.15, -0.1) is 0 Å². The van der Waals surface area contributed by atoms with E-state index in [1.165, 1.54) is 0 Å². The lowest BCUT2D eigenvalue weighted by Crippen LogP contribution is -2.71. The van der Waals surface area contributed by atoms with Crippen molar-refractivity contribution in [3.63, 3.8) is 0 Å². The zero-order valence-electron chi connectivity index (χ0n) is 18.0. The summed E-state index contributed by atoms with van der Waals surface area (Å²) in [6.45, 7) is 12.7. The number of benzene rings is 1. The number of carbonyl (C=O) groups is 2. The molecule has 0 N–H and O–H groups in total. The summed E-state index contributed by atoms with van der Waals surface area (Å²) in [6, 6.07) is 10.6. The predicted octanol–water partition coefficient (Wildman–Crippen LogP) is 1.92. The Kier molecular flexibility index (Phi) is 5.67. The molecule has 3 aliphatic rings. The van der Waals surface area contributed by atoms with Crippen molar-refractivity contribution in [1.29, 1.82) is 0 Å². The van der Waals surface area contributed by atoms with Crippen molar-refractivity contribution < 1.29 is 9.59 Å². The van der Waals surface area contributed by atoms with Crippen LogP contribution in [0.1, 0.15) is 44.0 Å². The molecule has 0 saturated carbocycles.